The lowest BCUT2D eigenvalue weighted by Gasteiger charge is -2.07. The second-order valence-corrected chi connectivity index (χ2v) is 5.23. The Bertz CT molecular complexity index is 590. The summed E-state index contributed by atoms with van der Waals surface area (Å²) in [7, 11) is 0. The minimum atomic E-state index is -0.0260. The lowest BCUT2D eigenvalue weighted by atomic mass is 10.1. The molecule has 2 aromatic rings. The van der Waals surface area contributed by atoms with Gasteiger partial charge in [0.05, 0.1) is 0 Å². The van der Waals surface area contributed by atoms with Crippen LogP contribution in [0.15, 0.2) is 48.5 Å². The van der Waals surface area contributed by atoms with Crippen molar-refractivity contribution in [1.82, 2.24) is 5.32 Å². The van der Waals surface area contributed by atoms with E-state index in [0.717, 1.165) is 18.4 Å². The van der Waals surface area contributed by atoms with Gasteiger partial charge in [0.15, 0.2) is 0 Å². The molecule has 0 unspecified atom stereocenters. The number of carbonyl (C=O) groups excluding carboxylic acids is 1. The molecule has 0 aliphatic rings. The van der Waals surface area contributed by atoms with Crippen molar-refractivity contribution in [3.05, 3.63) is 70.8 Å². The van der Waals surface area contributed by atoms with E-state index >= 15 is 0 Å². The Morgan fingerprint density at radius 3 is 2.48 bits per heavy atom. The molecule has 0 aliphatic heterocycles. The summed E-state index contributed by atoms with van der Waals surface area (Å²) in [5.74, 6) is -0.0260. The average Bonchev–Trinajstić information content (AvgIpc) is 2.48. The van der Waals surface area contributed by atoms with Crippen LogP contribution in [-0.4, -0.2) is 19.0 Å². The van der Waals surface area contributed by atoms with Gasteiger partial charge in [-0.3, -0.25) is 4.79 Å². The van der Waals surface area contributed by atoms with Gasteiger partial charge in [0, 0.05) is 12.1 Å². The summed E-state index contributed by atoms with van der Waals surface area (Å²) < 4.78 is 0. The van der Waals surface area contributed by atoms with E-state index in [-0.39, 0.29) is 5.91 Å². The molecule has 0 heterocycles. The normalized spacial score (nSPS) is 10.4. The molecule has 0 spiro atoms. The van der Waals surface area contributed by atoms with E-state index < -0.39 is 0 Å². The van der Waals surface area contributed by atoms with Gasteiger partial charge < -0.3 is 11.1 Å². The molecule has 0 saturated carbocycles. The molecule has 1 amide bonds. The van der Waals surface area contributed by atoms with Gasteiger partial charge in [-0.25, -0.2) is 0 Å². The predicted octanol–water partition coefficient (Wildman–Crippen LogP) is 2.47. The number of nitrogens with one attached hydrogen (secondary N) is 1. The highest BCUT2D eigenvalue weighted by atomic mass is 16.1. The molecule has 21 heavy (non-hydrogen) atoms. The van der Waals surface area contributed by atoms with Crippen LogP contribution in [-0.2, 0) is 12.8 Å². The molecular formula is C18H22N2O. The number of amides is 1. The van der Waals surface area contributed by atoms with Crippen molar-refractivity contribution in [3.63, 3.8) is 0 Å². The molecule has 0 aromatic heterocycles. The fraction of sp³-hybridized carbons (Fsp3) is 0.278. The van der Waals surface area contributed by atoms with E-state index in [4.69, 9.17) is 5.73 Å². The number of aryl methyl sites for hydroxylation is 1. The third-order valence-electron chi connectivity index (χ3n) is 3.43. The zero-order valence-electron chi connectivity index (χ0n) is 12.4. The van der Waals surface area contributed by atoms with Gasteiger partial charge in [0.1, 0.15) is 0 Å². The Hall–Kier alpha value is -2.13. The SMILES string of the molecule is Cc1cccc(CCNC(=O)c2ccc(CCN)cc2)c1. The van der Waals surface area contributed by atoms with E-state index in [9.17, 15) is 4.79 Å². The van der Waals surface area contributed by atoms with Crippen molar-refractivity contribution in [2.24, 2.45) is 5.73 Å². The summed E-state index contributed by atoms with van der Waals surface area (Å²) in [6.45, 7) is 3.35. The van der Waals surface area contributed by atoms with Crippen molar-refractivity contribution < 1.29 is 4.79 Å². The standard InChI is InChI=1S/C18H22N2O/c1-14-3-2-4-16(13-14)10-12-20-18(21)17-7-5-15(6-8-17)9-11-19/h2-8,13H,9-12,19H2,1H3,(H,20,21). The fourth-order valence-corrected chi connectivity index (χ4v) is 2.28. The third-order valence-corrected chi connectivity index (χ3v) is 3.43. The number of nitrogens with two attached hydrogens (primary N) is 1. The van der Waals surface area contributed by atoms with Crippen LogP contribution in [0.3, 0.4) is 0 Å². The zero-order chi connectivity index (χ0) is 15.1. The van der Waals surface area contributed by atoms with E-state index in [1.165, 1.54) is 11.1 Å². The summed E-state index contributed by atoms with van der Waals surface area (Å²) in [5, 5.41) is 2.95. The minimum absolute atomic E-state index is 0.0260. The number of carbonyl (C=O) groups is 1. The quantitative estimate of drug-likeness (QED) is 0.855. The Balaban J connectivity index is 1.84. The molecule has 0 fully saturated rings. The van der Waals surface area contributed by atoms with Crippen LogP contribution in [0.2, 0.25) is 0 Å². The summed E-state index contributed by atoms with van der Waals surface area (Å²) in [6.07, 6.45) is 1.69. The average molecular weight is 282 g/mol. The maximum Gasteiger partial charge on any atom is 0.251 e. The molecular weight excluding hydrogens is 260 g/mol. The molecule has 3 N–H and O–H groups in total. The first-order valence-electron chi connectivity index (χ1n) is 7.32. The van der Waals surface area contributed by atoms with Crippen LogP contribution < -0.4 is 11.1 Å². The van der Waals surface area contributed by atoms with Gasteiger partial charge in [-0.05, 0) is 49.6 Å². The van der Waals surface area contributed by atoms with Crippen molar-refractivity contribution in [1.29, 1.82) is 0 Å². The van der Waals surface area contributed by atoms with Crippen LogP contribution >= 0.6 is 0 Å². The molecule has 2 aromatic carbocycles. The van der Waals surface area contributed by atoms with Crippen molar-refractivity contribution in [2.45, 2.75) is 19.8 Å². The van der Waals surface area contributed by atoms with Crippen molar-refractivity contribution in [3.8, 4) is 0 Å². The Labute approximate surface area is 126 Å². The van der Waals surface area contributed by atoms with Crippen LogP contribution in [0.1, 0.15) is 27.0 Å². The first-order chi connectivity index (χ1) is 10.2. The van der Waals surface area contributed by atoms with E-state index in [1.807, 2.05) is 30.3 Å². The van der Waals surface area contributed by atoms with E-state index in [1.54, 1.807) is 0 Å². The summed E-state index contributed by atoms with van der Waals surface area (Å²) in [5.41, 5.74) is 9.85. The first-order valence-corrected chi connectivity index (χ1v) is 7.32. The molecule has 3 heteroatoms. The van der Waals surface area contributed by atoms with Gasteiger partial charge in [-0.15, -0.1) is 0 Å². The first kappa shape index (κ1) is 15.3. The largest absolute Gasteiger partial charge is 0.352 e. The smallest absolute Gasteiger partial charge is 0.251 e. The number of hydrogen-bond donors (Lipinski definition) is 2. The van der Waals surface area contributed by atoms with E-state index in [2.05, 4.69) is 30.4 Å². The number of benzene rings is 2. The van der Waals surface area contributed by atoms with Gasteiger partial charge in [0.2, 0.25) is 0 Å². The fourth-order valence-electron chi connectivity index (χ4n) is 2.28. The molecule has 2 rings (SSSR count). The number of hydrogen-bond acceptors (Lipinski definition) is 2. The molecule has 0 bridgehead atoms. The Kier molecular flexibility index (Phi) is 5.52. The molecule has 3 nitrogen and oxygen atoms in total. The van der Waals surface area contributed by atoms with Crippen LogP contribution in [0.25, 0.3) is 0 Å². The summed E-state index contributed by atoms with van der Waals surface area (Å²) >= 11 is 0. The maximum absolute atomic E-state index is 12.0. The van der Waals surface area contributed by atoms with E-state index in [0.29, 0.717) is 18.7 Å². The second kappa shape index (κ2) is 7.60. The predicted molar refractivity (Wildman–Crippen MR) is 86.4 cm³/mol. The monoisotopic (exact) mass is 282 g/mol. The number of rotatable bonds is 6. The molecule has 0 saturated heterocycles. The van der Waals surface area contributed by atoms with Gasteiger partial charge >= 0.3 is 0 Å². The van der Waals surface area contributed by atoms with Crippen molar-refractivity contribution in [2.75, 3.05) is 13.1 Å². The van der Waals surface area contributed by atoms with Gasteiger partial charge in [-0.2, -0.15) is 0 Å². The highest BCUT2D eigenvalue weighted by Crippen LogP contribution is 2.06. The highest BCUT2D eigenvalue weighted by Gasteiger charge is 2.04. The molecule has 0 radical (unpaired) electrons. The lowest BCUT2D eigenvalue weighted by molar-refractivity contribution is 0.0954. The van der Waals surface area contributed by atoms with Gasteiger partial charge in [-0.1, -0.05) is 42.0 Å². The van der Waals surface area contributed by atoms with Crippen LogP contribution in [0.5, 0.6) is 0 Å². The molecule has 0 atom stereocenters. The summed E-state index contributed by atoms with van der Waals surface area (Å²) in [6, 6.07) is 16.0. The van der Waals surface area contributed by atoms with Gasteiger partial charge in [0.25, 0.3) is 5.91 Å². The molecule has 0 aliphatic carbocycles. The zero-order valence-corrected chi connectivity index (χ0v) is 12.4. The van der Waals surface area contributed by atoms with Crippen molar-refractivity contribution >= 4 is 5.91 Å². The molecule has 110 valence electrons. The Morgan fingerprint density at radius 1 is 1.05 bits per heavy atom. The summed E-state index contributed by atoms with van der Waals surface area (Å²) in [4.78, 5) is 12.0. The second-order valence-electron chi connectivity index (χ2n) is 5.23. The minimum Gasteiger partial charge on any atom is -0.352 e. The highest BCUT2D eigenvalue weighted by molar-refractivity contribution is 5.94. The maximum atomic E-state index is 12.0. The lowest BCUT2D eigenvalue weighted by Crippen LogP contribution is -2.25. The third kappa shape index (κ3) is 4.72. The topological polar surface area (TPSA) is 55.1 Å². The van der Waals surface area contributed by atoms with Crippen LogP contribution in [0.4, 0.5) is 0 Å². The Morgan fingerprint density at radius 2 is 1.81 bits per heavy atom. The van der Waals surface area contributed by atoms with Crippen LogP contribution in [0, 0.1) is 6.92 Å².